The van der Waals surface area contributed by atoms with Gasteiger partial charge in [0.25, 0.3) is 5.91 Å². The number of benzene rings is 2. The minimum Gasteiger partial charge on any atom is -0.461 e. The van der Waals surface area contributed by atoms with Gasteiger partial charge in [-0.3, -0.25) is 19.2 Å². The van der Waals surface area contributed by atoms with Gasteiger partial charge in [-0.05, 0) is 23.8 Å². The molecule has 0 saturated heterocycles. The molecule has 0 unspecified atom stereocenters. The van der Waals surface area contributed by atoms with Gasteiger partial charge in [-0.15, -0.1) is 0 Å². The molecular formula is C20H20N2O6. The van der Waals surface area contributed by atoms with E-state index in [2.05, 4.69) is 5.32 Å². The van der Waals surface area contributed by atoms with Crippen LogP contribution in [0.15, 0.2) is 54.6 Å². The quantitative estimate of drug-likeness (QED) is 0.522. The molecule has 0 aliphatic carbocycles. The van der Waals surface area contributed by atoms with Gasteiger partial charge in [0.05, 0.1) is 6.42 Å². The standard InChI is InChI=1S/C20H20N2O6/c1-13(23)28-16-9-5-8-15(10-16)20(26)22-17(19(21)25)11-18(24)27-12-14-6-3-2-4-7-14/h2-10,17H,11-12H2,1H3,(H2,21,25)(H,22,26)/t17-/m0/s1. The van der Waals surface area contributed by atoms with Crippen LogP contribution in [0.3, 0.4) is 0 Å². The number of nitrogens with one attached hydrogen (secondary N) is 1. The van der Waals surface area contributed by atoms with Crippen LogP contribution in [0.4, 0.5) is 0 Å². The zero-order valence-corrected chi connectivity index (χ0v) is 15.2. The monoisotopic (exact) mass is 384 g/mol. The molecular weight excluding hydrogens is 364 g/mol. The maximum Gasteiger partial charge on any atom is 0.308 e. The minimum atomic E-state index is -1.24. The van der Waals surface area contributed by atoms with E-state index >= 15 is 0 Å². The summed E-state index contributed by atoms with van der Waals surface area (Å²) in [6.45, 7) is 1.28. The topological polar surface area (TPSA) is 125 Å². The summed E-state index contributed by atoms with van der Waals surface area (Å²) in [6.07, 6.45) is -0.405. The van der Waals surface area contributed by atoms with Crippen molar-refractivity contribution in [1.82, 2.24) is 5.32 Å². The molecule has 0 aliphatic rings. The molecule has 28 heavy (non-hydrogen) atoms. The molecule has 0 saturated carbocycles. The van der Waals surface area contributed by atoms with Crippen molar-refractivity contribution < 1.29 is 28.7 Å². The third-order valence-electron chi connectivity index (χ3n) is 3.62. The van der Waals surface area contributed by atoms with E-state index in [1.54, 1.807) is 24.3 Å². The Morgan fingerprint density at radius 1 is 1.04 bits per heavy atom. The molecule has 2 aromatic carbocycles. The maximum absolute atomic E-state index is 12.3. The number of rotatable bonds is 8. The van der Waals surface area contributed by atoms with Gasteiger partial charge in [0.1, 0.15) is 18.4 Å². The van der Waals surface area contributed by atoms with Crippen molar-refractivity contribution in [1.29, 1.82) is 0 Å². The van der Waals surface area contributed by atoms with E-state index < -0.39 is 36.2 Å². The van der Waals surface area contributed by atoms with Gasteiger partial charge < -0.3 is 20.5 Å². The van der Waals surface area contributed by atoms with Crippen LogP contribution in [0.25, 0.3) is 0 Å². The van der Waals surface area contributed by atoms with Crippen LogP contribution < -0.4 is 15.8 Å². The smallest absolute Gasteiger partial charge is 0.308 e. The summed E-state index contributed by atoms with van der Waals surface area (Å²) >= 11 is 0. The second kappa shape index (κ2) is 9.86. The van der Waals surface area contributed by atoms with Crippen LogP contribution >= 0.6 is 0 Å². The van der Waals surface area contributed by atoms with E-state index in [0.717, 1.165) is 5.56 Å². The summed E-state index contributed by atoms with van der Waals surface area (Å²) in [5.74, 6) is -2.55. The summed E-state index contributed by atoms with van der Waals surface area (Å²) in [4.78, 5) is 47.0. The molecule has 2 amide bonds. The van der Waals surface area contributed by atoms with Gasteiger partial charge in [0.15, 0.2) is 0 Å². The van der Waals surface area contributed by atoms with E-state index in [1.807, 2.05) is 6.07 Å². The van der Waals surface area contributed by atoms with E-state index in [1.165, 1.54) is 31.2 Å². The maximum atomic E-state index is 12.3. The molecule has 0 aliphatic heterocycles. The largest absolute Gasteiger partial charge is 0.461 e. The molecule has 2 aromatic rings. The minimum absolute atomic E-state index is 0.0452. The molecule has 2 rings (SSSR count). The fourth-order valence-electron chi connectivity index (χ4n) is 2.29. The van der Waals surface area contributed by atoms with Gasteiger partial charge in [0.2, 0.25) is 5.91 Å². The highest BCUT2D eigenvalue weighted by atomic mass is 16.5. The number of amides is 2. The number of carbonyl (C=O) groups is 4. The highest BCUT2D eigenvalue weighted by Crippen LogP contribution is 2.14. The molecule has 0 spiro atoms. The normalized spacial score (nSPS) is 11.2. The first-order valence-corrected chi connectivity index (χ1v) is 8.43. The summed E-state index contributed by atoms with van der Waals surface area (Å²) in [5, 5.41) is 2.39. The Kier molecular flexibility index (Phi) is 7.27. The second-order valence-electron chi connectivity index (χ2n) is 5.90. The van der Waals surface area contributed by atoms with E-state index in [-0.39, 0.29) is 17.9 Å². The molecule has 0 bridgehead atoms. The van der Waals surface area contributed by atoms with Crippen LogP contribution in [0.2, 0.25) is 0 Å². The molecule has 1 atom stereocenters. The Balaban J connectivity index is 1.96. The fourth-order valence-corrected chi connectivity index (χ4v) is 2.29. The van der Waals surface area contributed by atoms with Crippen molar-refractivity contribution in [3.05, 3.63) is 65.7 Å². The number of esters is 2. The molecule has 8 heteroatoms. The van der Waals surface area contributed by atoms with E-state index in [9.17, 15) is 19.2 Å². The lowest BCUT2D eigenvalue weighted by Crippen LogP contribution is -2.45. The first-order valence-electron chi connectivity index (χ1n) is 8.43. The zero-order valence-electron chi connectivity index (χ0n) is 15.2. The lowest BCUT2D eigenvalue weighted by atomic mass is 10.1. The van der Waals surface area contributed by atoms with Gasteiger partial charge in [0, 0.05) is 12.5 Å². The van der Waals surface area contributed by atoms with Crippen LogP contribution in [0, 0.1) is 0 Å². The summed E-state index contributed by atoms with van der Waals surface area (Å²) in [5.41, 5.74) is 6.21. The van der Waals surface area contributed by atoms with Crippen LogP contribution in [-0.4, -0.2) is 29.8 Å². The lowest BCUT2D eigenvalue weighted by molar-refractivity contribution is -0.146. The Bertz CT molecular complexity index is 866. The van der Waals surface area contributed by atoms with Crippen LogP contribution in [0.5, 0.6) is 5.75 Å². The Morgan fingerprint density at radius 3 is 2.39 bits per heavy atom. The van der Waals surface area contributed by atoms with Crippen LogP contribution in [-0.2, 0) is 25.7 Å². The first-order chi connectivity index (χ1) is 13.3. The zero-order chi connectivity index (χ0) is 20.5. The number of nitrogens with two attached hydrogens (primary N) is 1. The summed E-state index contributed by atoms with van der Waals surface area (Å²) in [7, 11) is 0. The second-order valence-corrected chi connectivity index (χ2v) is 5.90. The molecule has 0 fully saturated rings. The number of hydrogen-bond acceptors (Lipinski definition) is 6. The predicted molar refractivity (Wildman–Crippen MR) is 99.1 cm³/mol. The van der Waals surface area contributed by atoms with Crippen molar-refractivity contribution in [2.24, 2.45) is 5.73 Å². The van der Waals surface area contributed by atoms with Crippen molar-refractivity contribution in [2.75, 3.05) is 0 Å². The highest BCUT2D eigenvalue weighted by Gasteiger charge is 2.23. The van der Waals surface area contributed by atoms with Crippen molar-refractivity contribution in [3.63, 3.8) is 0 Å². The number of ether oxygens (including phenoxy) is 2. The molecule has 8 nitrogen and oxygen atoms in total. The fraction of sp³-hybridized carbons (Fsp3) is 0.200. The van der Waals surface area contributed by atoms with Gasteiger partial charge in [-0.2, -0.15) is 0 Å². The highest BCUT2D eigenvalue weighted by molar-refractivity contribution is 5.98. The van der Waals surface area contributed by atoms with Crippen molar-refractivity contribution >= 4 is 23.8 Å². The van der Waals surface area contributed by atoms with Crippen LogP contribution in [0.1, 0.15) is 29.3 Å². The predicted octanol–water partition coefficient (Wildman–Crippen LogP) is 1.33. The van der Waals surface area contributed by atoms with Crippen molar-refractivity contribution in [3.8, 4) is 5.75 Å². The van der Waals surface area contributed by atoms with Gasteiger partial charge >= 0.3 is 11.9 Å². The number of primary amides is 1. The van der Waals surface area contributed by atoms with E-state index in [0.29, 0.717) is 0 Å². The third kappa shape index (κ3) is 6.56. The average Bonchev–Trinajstić information content (AvgIpc) is 2.66. The first kappa shape index (κ1) is 20.6. The lowest BCUT2D eigenvalue weighted by Gasteiger charge is -2.15. The van der Waals surface area contributed by atoms with Gasteiger partial charge in [-0.1, -0.05) is 36.4 Å². The molecule has 0 radical (unpaired) electrons. The Morgan fingerprint density at radius 2 is 1.75 bits per heavy atom. The van der Waals surface area contributed by atoms with E-state index in [4.69, 9.17) is 15.2 Å². The number of hydrogen-bond donors (Lipinski definition) is 2. The third-order valence-corrected chi connectivity index (χ3v) is 3.62. The molecule has 0 heterocycles. The Labute approximate surface area is 161 Å². The number of carbonyl (C=O) groups excluding carboxylic acids is 4. The molecule has 146 valence electrons. The Hall–Kier alpha value is -3.68. The van der Waals surface area contributed by atoms with Gasteiger partial charge in [-0.25, -0.2) is 0 Å². The average molecular weight is 384 g/mol. The SMILES string of the molecule is CC(=O)Oc1cccc(C(=O)N[C@@H](CC(=O)OCc2ccccc2)C(N)=O)c1. The summed E-state index contributed by atoms with van der Waals surface area (Å²) < 4.78 is 10.0. The summed E-state index contributed by atoms with van der Waals surface area (Å²) in [6, 6.07) is 13.6. The molecule has 0 aromatic heterocycles. The molecule has 3 N–H and O–H groups in total. The van der Waals surface area contributed by atoms with Crippen molar-refractivity contribution in [2.45, 2.75) is 26.0 Å².